The van der Waals surface area contributed by atoms with Gasteiger partial charge in [-0.2, -0.15) is 0 Å². The number of carbonyl (C=O) groups excluding carboxylic acids is 1. The first-order valence-electron chi connectivity index (χ1n) is 5.85. The average molecular weight is 378 g/mol. The van der Waals surface area contributed by atoms with Gasteiger partial charge in [-0.1, -0.05) is 63.7 Å². The lowest BCUT2D eigenvalue weighted by Gasteiger charge is -2.08. The molecule has 2 N–H and O–H groups in total. The van der Waals surface area contributed by atoms with Gasteiger partial charge in [-0.15, -0.1) is 5.11 Å². The number of azo groups is 1. The molecule has 0 fully saturated rings. The summed E-state index contributed by atoms with van der Waals surface area (Å²) in [5, 5.41) is 8.34. The Morgan fingerprint density at radius 3 is 2.27 bits per heavy atom. The summed E-state index contributed by atoms with van der Waals surface area (Å²) in [6, 6.07) is 9.02. The molecular weight excluding hydrogens is 370 g/mol. The highest BCUT2D eigenvalue weighted by molar-refractivity contribution is 6.44. The minimum Gasteiger partial charge on any atom is -0.295 e. The number of amides is 2. The van der Waals surface area contributed by atoms with Crippen LogP contribution in [0, 0.1) is 0 Å². The molecular formula is C13H8Cl4N4O. The normalized spacial score (nSPS) is 10.7. The number of hydrogen-bond acceptors (Lipinski definition) is 3. The molecule has 0 aliphatic heterocycles. The number of anilines is 1. The molecule has 0 atom stereocenters. The number of nitrogens with one attached hydrogen (secondary N) is 2. The standard InChI is InChI=1S/C13H8Cl4N4O/c14-7-3-1-5-9(11(7)16)18-20-13(22)21-19-10-6-2-4-8(15)12(10)17/h1-6,18H,(H,20,22). The van der Waals surface area contributed by atoms with Crippen LogP contribution < -0.4 is 10.9 Å². The average Bonchev–Trinajstić information content (AvgIpc) is 2.50. The van der Waals surface area contributed by atoms with Gasteiger partial charge < -0.3 is 0 Å². The van der Waals surface area contributed by atoms with Gasteiger partial charge in [0.15, 0.2) is 0 Å². The summed E-state index contributed by atoms with van der Waals surface area (Å²) in [5.74, 6) is 0. The number of carbonyl (C=O) groups is 1. The van der Waals surface area contributed by atoms with Gasteiger partial charge in [0, 0.05) is 0 Å². The van der Waals surface area contributed by atoms with E-state index in [1.165, 1.54) is 0 Å². The molecule has 0 saturated heterocycles. The summed E-state index contributed by atoms with van der Waals surface area (Å²) in [6.07, 6.45) is 0. The summed E-state index contributed by atoms with van der Waals surface area (Å²) < 4.78 is 0. The van der Waals surface area contributed by atoms with E-state index in [1.54, 1.807) is 36.4 Å². The predicted molar refractivity (Wildman–Crippen MR) is 89.6 cm³/mol. The van der Waals surface area contributed by atoms with E-state index in [1.807, 2.05) is 0 Å². The Labute approximate surface area is 146 Å². The fourth-order valence-electron chi connectivity index (χ4n) is 1.42. The molecule has 2 rings (SSSR count). The van der Waals surface area contributed by atoms with Crippen LogP contribution >= 0.6 is 46.4 Å². The Kier molecular flexibility index (Phi) is 5.85. The summed E-state index contributed by atoms with van der Waals surface area (Å²) in [4.78, 5) is 11.6. The highest BCUT2D eigenvalue weighted by Gasteiger charge is 2.06. The summed E-state index contributed by atoms with van der Waals surface area (Å²) in [6.45, 7) is 0. The zero-order valence-electron chi connectivity index (χ0n) is 10.8. The molecule has 0 spiro atoms. The summed E-state index contributed by atoms with van der Waals surface area (Å²) in [7, 11) is 0. The van der Waals surface area contributed by atoms with Crippen LogP contribution in [0.25, 0.3) is 0 Å². The van der Waals surface area contributed by atoms with Crippen molar-refractivity contribution in [3.8, 4) is 0 Å². The van der Waals surface area contributed by atoms with Gasteiger partial charge in [0.25, 0.3) is 0 Å². The maximum atomic E-state index is 11.6. The first-order valence-corrected chi connectivity index (χ1v) is 7.36. The molecule has 0 aliphatic rings. The van der Waals surface area contributed by atoms with Crippen LogP contribution in [0.5, 0.6) is 0 Å². The molecule has 5 nitrogen and oxygen atoms in total. The lowest BCUT2D eigenvalue weighted by Crippen LogP contribution is -2.26. The zero-order chi connectivity index (χ0) is 16.1. The third-order valence-corrected chi connectivity index (χ3v) is 4.06. The molecule has 0 bridgehead atoms. The molecule has 22 heavy (non-hydrogen) atoms. The minimum absolute atomic E-state index is 0.214. The van der Waals surface area contributed by atoms with Gasteiger partial charge in [-0.25, -0.2) is 10.2 Å². The van der Waals surface area contributed by atoms with Crippen molar-refractivity contribution in [2.75, 3.05) is 5.43 Å². The van der Waals surface area contributed by atoms with Crippen molar-refractivity contribution in [1.29, 1.82) is 0 Å². The molecule has 0 aromatic heterocycles. The summed E-state index contributed by atoms with van der Waals surface area (Å²) >= 11 is 23.6. The fourth-order valence-corrected chi connectivity index (χ4v) is 2.10. The van der Waals surface area contributed by atoms with Gasteiger partial charge in [0.05, 0.1) is 25.8 Å². The minimum atomic E-state index is -0.743. The molecule has 0 aliphatic carbocycles. The van der Waals surface area contributed by atoms with Crippen molar-refractivity contribution in [3.05, 3.63) is 56.5 Å². The van der Waals surface area contributed by atoms with Crippen LogP contribution in [-0.4, -0.2) is 6.03 Å². The molecule has 9 heteroatoms. The Bertz CT molecular complexity index is 736. The lowest BCUT2D eigenvalue weighted by atomic mass is 10.3. The topological polar surface area (TPSA) is 65.8 Å². The Morgan fingerprint density at radius 2 is 1.55 bits per heavy atom. The molecule has 2 amide bonds. The Balaban J connectivity index is 2.00. The Morgan fingerprint density at radius 1 is 0.909 bits per heavy atom. The second-order valence-corrected chi connectivity index (χ2v) is 5.50. The molecule has 0 unspecified atom stereocenters. The summed E-state index contributed by atoms with van der Waals surface area (Å²) in [5.41, 5.74) is 5.60. The predicted octanol–water partition coefficient (Wildman–Crippen LogP) is 6.12. The van der Waals surface area contributed by atoms with E-state index in [0.717, 1.165) is 0 Å². The van der Waals surface area contributed by atoms with Crippen LogP contribution in [0.15, 0.2) is 46.6 Å². The van der Waals surface area contributed by atoms with Crippen molar-refractivity contribution < 1.29 is 4.79 Å². The maximum Gasteiger partial charge on any atom is 0.378 e. The monoisotopic (exact) mass is 376 g/mol. The van der Waals surface area contributed by atoms with Crippen LogP contribution in [0.3, 0.4) is 0 Å². The first kappa shape index (κ1) is 16.8. The van der Waals surface area contributed by atoms with Crippen LogP contribution in [0.4, 0.5) is 16.2 Å². The molecule has 0 saturated carbocycles. The van der Waals surface area contributed by atoms with Gasteiger partial charge >= 0.3 is 6.03 Å². The van der Waals surface area contributed by atoms with Crippen LogP contribution in [0.2, 0.25) is 20.1 Å². The second kappa shape index (κ2) is 7.65. The molecule has 114 valence electrons. The van der Waals surface area contributed by atoms with E-state index < -0.39 is 6.03 Å². The number of rotatable bonds is 3. The van der Waals surface area contributed by atoms with E-state index in [4.69, 9.17) is 46.4 Å². The van der Waals surface area contributed by atoms with Gasteiger partial charge in [0.1, 0.15) is 5.69 Å². The number of urea groups is 1. The van der Waals surface area contributed by atoms with E-state index in [-0.39, 0.29) is 15.7 Å². The van der Waals surface area contributed by atoms with Crippen molar-refractivity contribution in [3.63, 3.8) is 0 Å². The van der Waals surface area contributed by atoms with Crippen molar-refractivity contribution in [1.82, 2.24) is 5.43 Å². The third kappa shape index (κ3) is 4.24. The van der Waals surface area contributed by atoms with E-state index in [9.17, 15) is 4.79 Å². The van der Waals surface area contributed by atoms with Crippen LogP contribution in [-0.2, 0) is 0 Å². The highest BCUT2D eigenvalue weighted by Crippen LogP contribution is 2.32. The lowest BCUT2D eigenvalue weighted by molar-refractivity contribution is 0.249. The van der Waals surface area contributed by atoms with Crippen molar-refractivity contribution in [2.24, 2.45) is 10.2 Å². The van der Waals surface area contributed by atoms with E-state index in [2.05, 4.69) is 21.1 Å². The van der Waals surface area contributed by atoms with E-state index >= 15 is 0 Å². The van der Waals surface area contributed by atoms with Gasteiger partial charge in [0.2, 0.25) is 0 Å². The fraction of sp³-hybridized carbons (Fsp3) is 0. The number of halogens is 4. The number of hydrazine groups is 1. The van der Waals surface area contributed by atoms with Gasteiger partial charge in [-0.05, 0) is 24.3 Å². The third-order valence-electron chi connectivity index (χ3n) is 2.44. The molecule has 0 heterocycles. The maximum absolute atomic E-state index is 11.6. The smallest absolute Gasteiger partial charge is 0.295 e. The number of benzene rings is 2. The Hall–Kier alpha value is -1.53. The van der Waals surface area contributed by atoms with E-state index in [0.29, 0.717) is 15.7 Å². The quantitative estimate of drug-likeness (QED) is 0.499. The zero-order valence-corrected chi connectivity index (χ0v) is 13.8. The molecule has 2 aromatic carbocycles. The number of hydrogen-bond donors (Lipinski definition) is 2. The molecule has 0 radical (unpaired) electrons. The highest BCUT2D eigenvalue weighted by atomic mass is 35.5. The molecule has 2 aromatic rings. The van der Waals surface area contributed by atoms with Crippen LogP contribution in [0.1, 0.15) is 0 Å². The van der Waals surface area contributed by atoms with Crippen molar-refractivity contribution in [2.45, 2.75) is 0 Å². The number of nitrogens with zero attached hydrogens (tertiary/aromatic N) is 2. The SMILES string of the molecule is O=C(N=Nc1cccc(Cl)c1Cl)NNc1cccc(Cl)c1Cl. The largest absolute Gasteiger partial charge is 0.378 e. The second-order valence-electron chi connectivity index (χ2n) is 3.93. The van der Waals surface area contributed by atoms with Gasteiger partial charge in [-0.3, -0.25) is 5.43 Å². The van der Waals surface area contributed by atoms with Crippen molar-refractivity contribution >= 4 is 63.8 Å². The first-order chi connectivity index (χ1) is 10.5.